The van der Waals surface area contributed by atoms with E-state index >= 15 is 0 Å². The summed E-state index contributed by atoms with van der Waals surface area (Å²) in [5, 5.41) is 0. The standard InChI is InChI=1S/C34H62NO6P/c1-4-5-6-7-8-9-10-11-12-13-14-15-16-17-18-21-26-39-34-23-20-19-22-33(34)28-32(27-30(2)36)29-40-42(37,38)41-31(3)24-25-35/h19-20,22-23,31-32H,4-18,21,24-29,35H2,1-3H3,(H,37,38). The third-order valence-electron chi connectivity index (χ3n) is 7.67. The van der Waals surface area contributed by atoms with Gasteiger partial charge >= 0.3 is 7.82 Å². The van der Waals surface area contributed by atoms with Crippen LogP contribution in [-0.4, -0.2) is 36.5 Å². The van der Waals surface area contributed by atoms with Crippen LogP contribution in [0.2, 0.25) is 0 Å². The third-order valence-corrected chi connectivity index (χ3v) is 8.77. The van der Waals surface area contributed by atoms with E-state index in [2.05, 4.69) is 6.92 Å². The average molecular weight is 612 g/mol. The summed E-state index contributed by atoms with van der Waals surface area (Å²) in [6.07, 6.45) is 22.1. The highest BCUT2D eigenvalue weighted by molar-refractivity contribution is 7.47. The molecule has 0 saturated heterocycles. The lowest BCUT2D eigenvalue weighted by Gasteiger charge is -2.21. The molecule has 42 heavy (non-hydrogen) atoms. The van der Waals surface area contributed by atoms with E-state index in [9.17, 15) is 14.3 Å². The van der Waals surface area contributed by atoms with E-state index in [-0.39, 0.29) is 24.7 Å². The topological polar surface area (TPSA) is 108 Å². The van der Waals surface area contributed by atoms with Crippen molar-refractivity contribution in [2.24, 2.45) is 11.7 Å². The van der Waals surface area contributed by atoms with Crippen LogP contribution in [0.5, 0.6) is 5.75 Å². The van der Waals surface area contributed by atoms with Crippen LogP contribution in [-0.2, 0) is 24.8 Å². The fourth-order valence-electron chi connectivity index (χ4n) is 5.30. The zero-order chi connectivity index (χ0) is 30.9. The number of nitrogens with two attached hydrogens (primary N) is 1. The molecule has 0 aromatic heterocycles. The molecule has 3 unspecified atom stereocenters. The number of benzene rings is 1. The zero-order valence-corrected chi connectivity index (χ0v) is 27.9. The van der Waals surface area contributed by atoms with Crippen molar-refractivity contribution in [3.05, 3.63) is 29.8 Å². The Bertz CT molecular complexity index is 851. The first kappa shape index (κ1) is 38.8. The highest BCUT2D eigenvalue weighted by atomic mass is 31.2. The second-order valence-electron chi connectivity index (χ2n) is 12.0. The predicted octanol–water partition coefficient (Wildman–Crippen LogP) is 9.34. The Labute approximate surface area is 257 Å². The maximum Gasteiger partial charge on any atom is 0.472 e. The Balaban J connectivity index is 2.27. The first-order chi connectivity index (χ1) is 20.3. The molecule has 0 aliphatic rings. The second-order valence-corrected chi connectivity index (χ2v) is 13.4. The molecule has 7 nitrogen and oxygen atoms in total. The molecular weight excluding hydrogens is 549 g/mol. The lowest BCUT2D eigenvalue weighted by Crippen LogP contribution is -2.18. The second kappa shape index (κ2) is 25.1. The molecule has 0 aliphatic carbocycles. The summed E-state index contributed by atoms with van der Waals surface area (Å²) in [4.78, 5) is 22.0. The summed E-state index contributed by atoms with van der Waals surface area (Å²) in [5.74, 6) is 0.532. The largest absolute Gasteiger partial charge is 0.493 e. The fraction of sp³-hybridized carbons (Fsp3) is 0.794. The first-order valence-corrected chi connectivity index (χ1v) is 18.3. The van der Waals surface area contributed by atoms with Crippen molar-refractivity contribution >= 4 is 13.6 Å². The van der Waals surface area contributed by atoms with Crippen LogP contribution in [0, 0.1) is 5.92 Å². The van der Waals surface area contributed by atoms with E-state index in [1.807, 2.05) is 24.3 Å². The number of hydrogen-bond donors (Lipinski definition) is 2. The maximum atomic E-state index is 12.4. The number of carbonyl (C=O) groups is 1. The number of Topliss-reactive ketones (excluding diaryl/α,β-unsaturated/α-hetero) is 1. The van der Waals surface area contributed by atoms with Gasteiger partial charge in [-0.2, -0.15) is 0 Å². The Morgan fingerprint density at radius 2 is 1.40 bits per heavy atom. The first-order valence-electron chi connectivity index (χ1n) is 16.8. The lowest BCUT2D eigenvalue weighted by atomic mass is 9.95. The number of para-hydroxylation sites is 1. The fourth-order valence-corrected chi connectivity index (χ4v) is 6.32. The molecule has 1 aromatic rings. The van der Waals surface area contributed by atoms with Gasteiger partial charge in [0.1, 0.15) is 11.5 Å². The van der Waals surface area contributed by atoms with Crippen LogP contribution in [0.4, 0.5) is 0 Å². The van der Waals surface area contributed by atoms with Crippen molar-refractivity contribution in [2.75, 3.05) is 19.8 Å². The van der Waals surface area contributed by atoms with Crippen LogP contribution < -0.4 is 10.5 Å². The Kier molecular flexibility index (Phi) is 23.2. The van der Waals surface area contributed by atoms with E-state index < -0.39 is 13.9 Å². The number of phosphoric ester groups is 1. The van der Waals surface area contributed by atoms with Crippen LogP contribution in [0.1, 0.15) is 142 Å². The molecule has 0 aliphatic heterocycles. The molecule has 0 spiro atoms. The van der Waals surface area contributed by atoms with Gasteiger partial charge in [-0.3, -0.25) is 9.05 Å². The lowest BCUT2D eigenvalue weighted by molar-refractivity contribution is -0.118. The Morgan fingerprint density at radius 1 is 0.881 bits per heavy atom. The molecule has 0 bridgehead atoms. The summed E-state index contributed by atoms with van der Waals surface area (Å²) < 4.78 is 28.9. The minimum atomic E-state index is -4.24. The number of phosphoric acid groups is 1. The van der Waals surface area contributed by atoms with Gasteiger partial charge < -0.3 is 20.2 Å². The molecule has 0 heterocycles. The number of rotatable bonds is 29. The van der Waals surface area contributed by atoms with Gasteiger partial charge in [-0.05, 0) is 57.2 Å². The van der Waals surface area contributed by atoms with Crippen molar-refractivity contribution in [2.45, 2.75) is 149 Å². The molecule has 1 rings (SSSR count). The van der Waals surface area contributed by atoms with Crippen molar-refractivity contribution in [1.82, 2.24) is 0 Å². The minimum Gasteiger partial charge on any atom is -0.493 e. The van der Waals surface area contributed by atoms with Crippen molar-refractivity contribution < 1.29 is 28.0 Å². The van der Waals surface area contributed by atoms with Gasteiger partial charge in [0.2, 0.25) is 0 Å². The van der Waals surface area contributed by atoms with Crippen LogP contribution in [0.15, 0.2) is 24.3 Å². The van der Waals surface area contributed by atoms with Crippen molar-refractivity contribution in [3.63, 3.8) is 0 Å². The number of ketones is 1. The van der Waals surface area contributed by atoms with Gasteiger partial charge in [0.05, 0.1) is 19.3 Å². The van der Waals surface area contributed by atoms with Gasteiger partial charge in [-0.15, -0.1) is 0 Å². The van der Waals surface area contributed by atoms with Gasteiger partial charge in [0.15, 0.2) is 0 Å². The molecule has 0 amide bonds. The maximum absolute atomic E-state index is 12.4. The normalized spacial score (nSPS) is 14.4. The van der Waals surface area contributed by atoms with Gasteiger partial charge in [0, 0.05) is 6.42 Å². The summed E-state index contributed by atoms with van der Waals surface area (Å²) in [5.41, 5.74) is 6.46. The monoisotopic (exact) mass is 611 g/mol. The van der Waals surface area contributed by atoms with E-state index in [0.29, 0.717) is 26.0 Å². The van der Waals surface area contributed by atoms with Crippen LogP contribution >= 0.6 is 7.82 Å². The van der Waals surface area contributed by atoms with E-state index in [0.717, 1.165) is 24.2 Å². The summed E-state index contributed by atoms with van der Waals surface area (Å²) >= 11 is 0. The van der Waals surface area contributed by atoms with Gasteiger partial charge in [-0.25, -0.2) is 4.57 Å². The quantitative estimate of drug-likeness (QED) is 0.0686. The molecule has 0 radical (unpaired) electrons. The molecule has 0 saturated carbocycles. The van der Waals surface area contributed by atoms with E-state index in [1.54, 1.807) is 6.92 Å². The van der Waals surface area contributed by atoms with E-state index in [1.165, 1.54) is 96.8 Å². The number of hydrogen-bond acceptors (Lipinski definition) is 6. The number of unbranched alkanes of at least 4 members (excludes halogenated alkanes) is 15. The molecule has 0 fully saturated rings. The van der Waals surface area contributed by atoms with Crippen molar-refractivity contribution in [1.29, 1.82) is 0 Å². The highest BCUT2D eigenvalue weighted by Gasteiger charge is 2.27. The highest BCUT2D eigenvalue weighted by Crippen LogP contribution is 2.45. The Hall–Kier alpha value is -1.24. The summed E-state index contributed by atoms with van der Waals surface area (Å²) in [7, 11) is -4.24. The molecule has 3 atom stereocenters. The molecule has 1 aromatic carbocycles. The molecule has 244 valence electrons. The molecule has 8 heteroatoms. The zero-order valence-electron chi connectivity index (χ0n) is 27.0. The average Bonchev–Trinajstić information content (AvgIpc) is 2.94. The number of carbonyl (C=O) groups excluding carboxylic acids is 1. The van der Waals surface area contributed by atoms with Crippen LogP contribution in [0.3, 0.4) is 0 Å². The molecule has 3 N–H and O–H groups in total. The smallest absolute Gasteiger partial charge is 0.472 e. The van der Waals surface area contributed by atoms with Crippen LogP contribution in [0.25, 0.3) is 0 Å². The van der Waals surface area contributed by atoms with Crippen molar-refractivity contribution in [3.8, 4) is 5.75 Å². The number of ether oxygens (including phenoxy) is 1. The van der Waals surface area contributed by atoms with Gasteiger partial charge in [0.25, 0.3) is 0 Å². The summed E-state index contributed by atoms with van der Waals surface area (Å²) in [6.45, 7) is 6.42. The Morgan fingerprint density at radius 3 is 1.93 bits per heavy atom. The minimum absolute atomic E-state index is 0.000330. The van der Waals surface area contributed by atoms with Gasteiger partial charge in [-0.1, -0.05) is 121 Å². The SMILES string of the molecule is CCCCCCCCCCCCCCCCCCOc1ccccc1CC(COP(=O)(O)OC(C)CCN)CC(C)=O. The van der Waals surface area contributed by atoms with E-state index in [4.69, 9.17) is 19.5 Å². The molecular formula is C34H62NO6P. The summed E-state index contributed by atoms with van der Waals surface area (Å²) in [6, 6.07) is 7.81. The third kappa shape index (κ3) is 21.4. The predicted molar refractivity (Wildman–Crippen MR) is 174 cm³/mol.